The second-order valence-corrected chi connectivity index (χ2v) is 8.51. The lowest BCUT2D eigenvalue weighted by atomic mass is 10.0. The van der Waals surface area contributed by atoms with E-state index in [1.807, 2.05) is 28.9 Å². The predicted molar refractivity (Wildman–Crippen MR) is 114 cm³/mol. The maximum Gasteiger partial charge on any atom is 0.258 e. The second-order valence-electron chi connectivity index (χ2n) is 8.51. The van der Waals surface area contributed by atoms with Crippen molar-refractivity contribution in [3.05, 3.63) is 46.0 Å². The molecule has 3 aromatic rings. The number of H-pyrrole nitrogens is 1. The van der Waals surface area contributed by atoms with Crippen LogP contribution in [0.15, 0.2) is 29.1 Å². The number of likely N-dealkylation sites (tertiary alicyclic amines) is 1. The monoisotopic (exact) mass is 425 g/mol. The quantitative estimate of drug-likeness (QED) is 0.608. The Morgan fingerprint density at radius 2 is 2.13 bits per heavy atom. The number of nitrogens with zero attached hydrogens (tertiary/aromatic N) is 4. The Kier molecular flexibility index (Phi) is 5.69. The van der Waals surface area contributed by atoms with Crippen LogP contribution < -0.4 is 15.2 Å². The van der Waals surface area contributed by atoms with Crippen molar-refractivity contribution in [2.75, 3.05) is 26.8 Å². The summed E-state index contributed by atoms with van der Waals surface area (Å²) in [5.41, 5.74) is 1.37. The first-order valence-electron chi connectivity index (χ1n) is 11.2. The van der Waals surface area contributed by atoms with Crippen LogP contribution in [0.4, 0.5) is 0 Å². The number of rotatable bonds is 6. The number of methoxy groups -OCH3 is 1. The lowest BCUT2D eigenvalue weighted by Gasteiger charge is -2.30. The van der Waals surface area contributed by atoms with Crippen molar-refractivity contribution in [3.63, 3.8) is 0 Å². The zero-order chi connectivity index (χ0) is 21.2. The van der Waals surface area contributed by atoms with Crippen molar-refractivity contribution in [3.8, 4) is 5.75 Å². The Morgan fingerprint density at radius 3 is 2.90 bits per heavy atom. The molecule has 164 valence electrons. The summed E-state index contributed by atoms with van der Waals surface area (Å²) < 4.78 is 13.0. The molecule has 2 N–H and O–H groups in total. The number of hydrogen-bond donors (Lipinski definition) is 2. The molecule has 0 saturated carbocycles. The highest BCUT2D eigenvalue weighted by Gasteiger charge is 2.35. The molecule has 0 spiro atoms. The summed E-state index contributed by atoms with van der Waals surface area (Å²) in [4.78, 5) is 17.7. The molecule has 2 aliphatic rings. The molecule has 31 heavy (non-hydrogen) atoms. The van der Waals surface area contributed by atoms with E-state index in [1.165, 1.54) is 11.3 Å². The van der Waals surface area contributed by atoms with E-state index < -0.39 is 0 Å². The zero-order valence-electron chi connectivity index (χ0n) is 17.8. The highest BCUT2D eigenvalue weighted by molar-refractivity contribution is 5.80. The third kappa shape index (κ3) is 4.07. The van der Waals surface area contributed by atoms with Crippen LogP contribution in [0.5, 0.6) is 5.75 Å². The molecule has 2 aliphatic heterocycles. The third-order valence-corrected chi connectivity index (χ3v) is 6.52. The lowest BCUT2D eigenvalue weighted by molar-refractivity contribution is -0.931. The number of quaternary nitrogens is 1. The smallest absolute Gasteiger partial charge is 0.258 e. The molecule has 0 bridgehead atoms. The van der Waals surface area contributed by atoms with E-state index in [1.54, 1.807) is 7.11 Å². The van der Waals surface area contributed by atoms with Gasteiger partial charge < -0.3 is 19.4 Å². The molecule has 0 amide bonds. The fourth-order valence-corrected chi connectivity index (χ4v) is 4.90. The summed E-state index contributed by atoms with van der Waals surface area (Å²) in [7, 11) is 1.62. The number of benzene rings is 1. The van der Waals surface area contributed by atoms with Gasteiger partial charge in [0.05, 0.1) is 43.9 Å². The van der Waals surface area contributed by atoms with Gasteiger partial charge in [0, 0.05) is 12.7 Å². The fourth-order valence-electron chi connectivity index (χ4n) is 4.90. The Hall–Kier alpha value is -2.78. The Balaban J connectivity index is 1.58. The predicted octanol–water partition coefficient (Wildman–Crippen LogP) is 0.860. The highest BCUT2D eigenvalue weighted by atomic mass is 16.5. The SMILES string of the molecule is COc1ccc2cc([C@@H](c3nnnn3C[C@H]3CCCO3)[NH+]3CCCCC3)c(=O)[nH]c2c1. The van der Waals surface area contributed by atoms with Crippen molar-refractivity contribution in [2.24, 2.45) is 0 Å². The average molecular weight is 426 g/mol. The minimum Gasteiger partial charge on any atom is -0.497 e. The van der Waals surface area contributed by atoms with Gasteiger partial charge in [0.1, 0.15) is 5.75 Å². The molecule has 1 aromatic carbocycles. The molecule has 2 aromatic heterocycles. The van der Waals surface area contributed by atoms with Gasteiger partial charge in [-0.15, -0.1) is 5.10 Å². The molecular weight excluding hydrogens is 396 g/mol. The number of ether oxygens (including phenoxy) is 2. The molecule has 9 heteroatoms. The maximum atomic E-state index is 13.3. The topological polar surface area (TPSA) is 99.4 Å². The Labute approximate surface area is 180 Å². The molecule has 2 fully saturated rings. The van der Waals surface area contributed by atoms with Crippen LogP contribution in [0.25, 0.3) is 10.9 Å². The van der Waals surface area contributed by atoms with Crippen LogP contribution in [0.3, 0.4) is 0 Å². The minimum absolute atomic E-state index is 0.101. The van der Waals surface area contributed by atoms with Gasteiger partial charge in [-0.05, 0) is 66.1 Å². The summed E-state index contributed by atoms with van der Waals surface area (Å²) in [5, 5.41) is 13.6. The highest BCUT2D eigenvalue weighted by Crippen LogP contribution is 2.23. The summed E-state index contributed by atoms with van der Waals surface area (Å²) in [5.74, 6) is 1.46. The van der Waals surface area contributed by atoms with Crippen LogP contribution in [-0.2, 0) is 11.3 Å². The first-order valence-corrected chi connectivity index (χ1v) is 11.2. The number of pyridine rings is 1. The van der Waals surface area contributed by atoms with Gasteiger partial charge in [-0.3, -0.25) is 4.79 Å². The molecule has 9 nitrogen and oxygen atoms in total. The standard InChI is InChI=1S/C22H28N6O3/c1-30-16-8-7-15-12-18(22(29)23-19(15)13-16)20(27-9-3-2-4-10-27)21-24-25-26-28(21)14-17-6-5-11-31-17/h7-8,12-13,17,20H,2-6,9-11,14H2,1H3,(H,23,29)/p+1/t17-,20+/m1/s1. The van der Waals surface area contributed by atoms with Gasteiger partial charge in [0.15, 0.2) is 6.04 Å². The number of aromatic amines is 1. The first kappa shape index (κ1) is 20.1. The van der Waals surface area contributed by atoms with E-state index in [2.05, 4.69) is 20.5 Å². The first-order chi connectivity index (χ1) is 15.2. The van der Waals surface area contributed by atoms with Crippen molar-refractivity contribution < 1.29 is 14.4 Å². The van der Waals surface area contributed by atoms with Crippen LogP contribution in [-0.4, -0.2) is 58.1 Å². The van der Waals surface area contributed by atoms with Crippen molar-refractivity contribution in [1.82, 2.24) is 25.2 Å². The summed E-state index contributed by atoms with van der Waals surface area (Å²) in [6.07, 6.45) is 5.71. The number of nitrogens with one attached hydrogen (secondary N) is 2. The summed E-state index contributed by atoms with van der Waals surface area (Å²) in [6.45, 7) is 3.40. The minimum atomic E-state index is -0.216. The van der Waals surface area contributed by atoms with Crippen LogP contribution in [0, 0.1) is 0 Å². The van der Waals surface area contributed by atoms with Gasteiger partial charge in [0.25, 0.3) is 5.56 Å². The van der Waals surface area contributed by atoms with Gasteiger partial charge in [-0.1, -0.05) is 0 Å². The molecule has 4 heterocycles. The van der Waals surface area contributed by atoms with Gasteiger partial charge >= 0.3 is 0 Å². The lowest BCUT2D eigenvalue weighted by Crippen LogP contribution is -3.13. The van der Waals surface area contributed by atoms with Crippen LogP contribution >= 0.6 is 0 Å². The summed E-state index contributed by atoms with van der Waals surface area (Å²) in [6, 6.07) is 7.52. The molecule has 2 atom stereocenters. The van der Waals surface area contributed by atoms with Crippen molar-refractivity contribution in [2.45, 2.75) is 50.8 Å². The van der Waals surface area contributed by atoms with Gasteiger partial charge in [-0.25, -0.2) is 4.68 Å². The third-order valence-electron chi connectivity index (χ3n) is 6.52. The van der Waals surface area contributed by atoms with E-state index in [9.17, 15) is 4.79 Å². The number of hydrogen-bond acceptors (Lipinski definition) is 6. The summed E-state index contributed by atoms with van der Waals surface area (Å²) >= 11 is 0. The van der Waals surface area contributed by atoms with Crippen LogP contribution in [0.1, 0.15) is 49.5 Å². The van der Waals surface area contributed by atoms with E-state index >= 15 is 0 Å². The van der Waals surface area contributed by atoms with E-state index in [-0.39, 0.29) is 17.7 Å². The van der Waals surface area contributed by atoms with Gasteiger partial charge in [-0.2, -0.15) is 0 Å². The number of fused-ring (bicyclic) bond motifs is 1. The largest absolute Gasteiger partial charge is 0.497 e. The number of piperidine rings is 1. The normalized spacial score (nSPS) is 20.9. The molecule has 5 rings (SSSR count). The molecule has 0 unspecified atom stereocenters. The molecule has 0 radical (unpaired) electrons. The van der Waals surface area contributed by atoms with Crippen molar-refractivity contribution in [1.29, 1.82) is 0 Å². The van der Waals surface area contributed by atoms with Crippen molar-refractivity contribution >= 4 is 10.9 Å². The van der Waals surface area contributed by atoms with E-state index in [0.29, 0.717) is 12.1 Å². The zero-order valence-corrected chi connectivity index (χ0v) is 17.8. The molecule has 0 aliphatic carbocycles. The maximum absolute atomic E-state index is 13.3. The van der Waals surface area contributed by atoms with E-state index in [4.69, 9.17) is 9.47 Å². The Morgan fingerprint density at radius 1 is 1.26 bits per heavy atom. The number of aromatic nitrogens is 5. The molecular formula is C22H29N6O3+. The fraction of sp³-hybridized carbons (Fsp3) is 0.545. The number of tetrazole rings is 1. The van der Waals surface area contributed by atoms with Crippen LogP contribution in [0.2, 0.25) is 0 Å². The molecule has 2 saturated heterocycles. The van der Waals surface area contributed by atoms with Gasteiger partial charge in [0.2, 0.25) is 5.82 Å². The van der Waals surface area contributed by atoms with E-state index in [0.717, 1.165) is 67.9 Å². The Bertz CT molecular complexity index is 1100. The second kappa shape index (κ2) is 8.76. The average Bonchev–Trinajstić information content (AvgIpc) is 3.48.